The molecule has 25 heavy (non-hydrogen) atoms. The maximum absolute atomic E-state index is 12.1. The smallest absolute Gasteiger partial charge is 0.306 e. The number of fused-ring (bicyclic) bond motifs is 2. The van der Waals surface area contributed by atoms with Gasteiger partial charge in [-0.05, 0) is 49.1 Å². The van der Waals surface area contributed by atoms with Gasteiger partial charge < -0.3 is 19.5 Å². The molecule has 6 heteroatoms. The lowest BCUT2D eigenvalue weighted by Crippen LogP contribution is -2.23. The molecule has 0 unspecified atom stereocenters. The summed E-state index contributed by atoms with van der Waals surface area (Å²) >= 11 is 0. The minimum atomic E-state index is -0.396. The highest BCUT2D eigenvalue weighted by Gasteiger charge is 2.40. The molecular weight excluding hydrogens is 322 g/mol. The molecule has 2 aliphatic rings. The standard InChI is InChI=1S/C19H25NO5/c1-23-15-5-6-17(24-2)16(10-15)20-18(21)11-25-19(22)9-14-8-12-3-4-13(14)7-12/h5-6,10,12-14H,3-4,7-9,11H2,1-2H3,(H,20,21)/t12-,13+,14-/m0/s1. The van der Waals surface area contributed by atoms with Gasteiger partial charge >= 0.3 is 5.97 Å². The van der Waals surface area contributed by atoms with Gasteiger partial charge in [-0.2, -0.15) is 0 Å². The van der Waals surface area contributed by atoms with Crippen LogP contribution in [0.25, 0.3) is 0 Å². The topological polar surface area (TPSA) is 73.9 Å². The second kappa shape index (κ2) is 7.76. The summed E-state index contributed by atoms with van der Waals surface area (Å²) in [4.78, 5) is 24.1. The zero-order valence-corrected chi connectivity index (χ0v) is 14.7. The van der Waals surface area contributed by atoms with Crippen molar-refractivity contribution in [3.05, 3.63) is 18.2 Å². The second-order valence-electron chi connectivity index (χ2n) is 6.91. The molecule has 2 aliphatic carbocycles. The van der Waals surface area contributed by atoms with Crippen LogP contribution in [0, 0.1) is 17.8 Å². The number of rotatable bonds is 7. The van der Waals surface area contributed by atoms with E-state index in [4.69, 9.17) is 14.2 Å². The summed E-state index contributed by atoms with van der Waals surface area (Å²) < 4.78 is 15.5. The zero-order valence-electron chi connectivity index (χ0n) is 14.7. The zero-order chi connectivity index (χ0) is 17.8. The summed E-state index contributed by atoms with van der Waals surface area (Å²) in [5.41, 5.74) is 0.482. The molecule has 2 bridgehead atoms. The van der Waals surface area contributed by atoms with Crippen LogP contribution in [0.2, 0.25) is 0 Å². The fourth-order valence-electron chi connectivity index (χ4n) is 4.14. The molecule has 0 aliphatic heterocycles. The number of esters is 1. The lowest BCUT2D eigenvalue weighted by Gasteiger charge is -2.20. The van der Waals surface area contributed by atoms with Crippen molar-refractivity contribution in [1.29, 1.82) is 0 Å². The van der Waals surface area contributed by atoms with E-state index >= 15 is 0 Å². The van der Waals surface area contributed by atoms with Crippen molar-refractivity contribution in [2.75, 3.05) is 26.1 Å². The van der Waals surface area contributed by atoms with Crippen molar-refractivity contribution in [3.63, 3.8) is 0 Å². The van der Waals surface area contributed by atoms with Gasteiger partial charge in [0, 0.05) is 12.5 Å². The van der Waals surface area contributed by atoms with Gasteiger partial charge in [0.25, 0.3) is 5.91 Å². The highest BCUT2D eigenvalue weighted by atomic mass is 16.5. The molecular formula is C19H25NO5. The number of carbonyl (C=O) groups excluding carboxylic acids is 2. The fourth-order valence-corrected chi connectivity index (χ4v) is 4.14. The van der Waals surface area contributed by atoms with Crippen molar-refractivity contribution >= 4 is 17.6 Å². The van der Waals surface area contributed by atoms with Gasteiger partial charge in [0.15, 0.2) is 6.61 Å². The lowest BCUT2D eigenvalue weighted by molar-refractivity contribution is -0.148. The summed E-state index contributed by atoms with van der Waals surface area (Å²) in [6.07, 6.45) is 5.36. The first kappa shape index (κ1) is 17.6. The van der Waals surface area contributed by atoms with Crippen LogP contribution in [-0.2, 0) is 14.3 Å². The van der Waals surface area contributed by atoms with E-state index in [1.807, 2.05) is 0 Å². The van der Waals surface area contributed by atoms with Gasteiger partial charge in [-0.25, -0.2) is 0 Å². The number of hydrogen-bond acceptors (Lipinski definition) is 5. The minimum Gasteiger partial charge on any atom is -0.497 e. The van der Waals surface area contributed by atoms with Crippen LogP contribution in [0.15, 0.2) is 18.2 Å². The average Bonchev–Trinajstić information content (AvgIpc) is 3.23. The lowest BCUT2D eigenvalue weighted by atomic mass is 9.86. The van der Waals surface area contributed by atoms with Crippen molar-refractivity contribution < 1.29 is 23.8 Å². The fraction of sp³-hybridized carbons (Fsp3) is 0.579. The summed E-state index contributed by atoms with van der Waals surface area (Å²) in [7, 11) is 3.07. The van der Waals surface area contributed by atoms with Crippen LogP contribution in [0.1, 0.15) is 32.1 Å². The Morgan fingerprint density at radius 1 is 1.16 bits per heavy atom. The van der Waals surface area contributed by atoms with E-state index in [9.17, 15) is 9.59 Å². The van der Waals surface area contributed by atoms with Crippen LogP contribution in [-0.4, -0.2) is 32.7 Å². The summed E-state index contributed by atoms with van der Waals surface area (Å²) in [5.74, 6) is 2.34. The molecule has 1 aromatic rings. The molecule has 0 aromatic heterocycles. The van der Waals surface area contributed by atoms with E-state index in [0.29, 0.717) is 35.4 Å². The van der Waals surface area contributed by atoms with Crippen molar-refractivity contribution in [2.24, 2.45) is 17.8 Å². The third-order valence-corrected chi connectivity index (χ3v) is 5.36. The molecule has 0 heterocycles. The first-order valence-electron chi connectivity index (χ1n) is 8.76. The molecule has 2 fully saturated rings. The van der Waals surface area contributed by atoms with Crippen LogP contribution in [0.4, 0.5) is 5.69 Å². The maximum Gasteiger partial charge on any atom is 0.306 e. The van der Waals surface area contributed by atoms with Gasteiger partial charge in [-0.1, -0.05) is 6.42 Å². The number of amides is 1. The number of ether oxygens (including phenoxy) is 3. The largest absolute Gasteiger partial charge is 0.497 e. The molecule has 0 saturated heterocycles. The molecule has 3 rings (SSSR count). The Hall–Kier alpha value is -2.24. The van der Waals surface area contributed by atoms with Crippen LogP contribution < -0.4 is 14.8 Å². The Bertz CT molecular complexity index is 645. The van der Waals surface area contributed by atoms with E-state index in [2.05, 4.69) is 5.32 Å². The first-order valence-corrected chi connectivity index (χ1v) is 8.76. The number of nitrogens with one attached hydrogen (secondary N) is 1. The van der Waals surface area contributed by atoms with E-state index in [-0.39, 0.29) is 12.6 Å². The highest BCUT2D eigenvalue weighted by molar-refractivity contribution is 5.94. The molecule has 1 amide bonds. The molecule has 0 radical (unpaired) electrons. The Balaban J connectivity index is 1.47. The van der Waals surface area contributed by atoms with Gasteiger partial charge in [0.2, 0.25) is 0 Å². The monoisotopic (exact) mass is 347 g/mol. The summed E-state index contributed by atoms with van der Waals surface area (Å²) in [5, 5.41) is 2.69. The molecule has 1 aromatic carbocycles. The number of carbonyl (C=O) groups is 2. The van der Waals surface area contributed by atoms with Gasteiger partial charge in [0.1, 0.15) is 11.5 Å². The predicted octanol–water partition coefficient (Wildman–Crippen LogP) is 3.01. The maximum atomic E-state index is 12.1. The molecule has 3 atom stereocenters. The highest BCUT2D eigenvalue weighted by Crippen LogP contribution is 2.49. The van der Waals surface area contributed by atoms with Crippen molar-refractivity contribution in [2.45, 2.75) is 32.1 Å². The molecule has 0 spiro atoms. The normalized spacial score (nSPS) is 24.0. The van der Waals surface area contributed by atoms with Crippen LogP contribution in [0.5, 0.6) is 11.5 Å². The van der Waals surface area contributed by atoms with Crippen LogP contribution in [0.3, 0.4) is 0 Å². The number of hydrogen-bond donors (Lipinski definition) is 1. The van der Waals surface area contributed by atoms with Gasteiger partial charge in [-0.3, -0.25) is 9.59 Å². The number of methoxy groups -OCH3 is 2. The Morgan fingerprint density at radius 3 is 2.64 bits per heavy atom. The third-order valence-electron chi connectivity index (χ3n) is 5.36. The van der Waals surface area contributed by atoms with Gasteiger partial charge in [0.05, 0.1) is 19.9 Å². The second-order valence-corrected chi connectivity index (χ2v) is 6.91. The molecule has 2 saturated carbocycles. The number of anilines is 1. The first-order chi connectivity index (χ1) is 12.1. The quantitative estimate of drug-likeness (QED) is 0.768. The molecule has 136 valence electrons. The predicted molar refractivity (Wildman–Crippen MR) is 92.7 cm³/mol. The van der Waals surface area contributed by atoms with E-state index in [1.54, 1.807) is 25.3 Å². The summed E-state index contributed by atoms with van der Waals surface area (Å²) in [6, 6.07) is 5.10. The average molecular weight is 347 g/mol. The SMILES string of the molecule is COc1ccc(OC)c(NC(=O)COC(=O)C[C@@H]2C[C@H]3CC[C@@H]2C3)c1. The van der Waals surface area contributed by atoms with Crippen LogP contribution >= 0.6 is 0 Å². The minimum absolute atomic E-state index is 0.287. The molecule has 6 nitrogen and oxygen atoms in total. The van der Waals surface area contributed by atoms with Gasteiger partial charge in [-0.15, -0.1) is 0 Å². The van der Waals surface area contributed by atoms with Crippen molar-refractivity contribution in [3.8, 4) is 11.5 Å². The van der Waals surface area contributed by atoms with E-state index in [0.717, 1.165) is 12.3 Å². The number of benzene rings is 1. The van der Waals surface area contributed by atoms with Crippen molar-refractivity contribution in [1.82, 2.24) is 0 Å². The third kappa shape index (κ3) is 4.24. The molecule has 1 N–H and O–H groups in total. The summed E-state index contributed by atoms with van der Waals surface area (Å²) in [6.45, 7) is -0.292. The Labute approximate surface area is 147 Å². The van der Waals surface area contributed by atoms with E-state index < -0.39 is 5.91 Å². The van der Waals surface area contributed by atoms with E-state index in [1.165, 1.54) is 26.4 Å². The Kier molecular flexibility index (Phi) is 5.46. The Morgan fingerprint density at radius 2 is 2.00 bits per heavy atom.